The van der Waals surface area contributed by atoms with E-state index in [1.54, 1.807) is 13.0 Å². The standard InChI is InChI=1S/C22H46O9Si4/c1-9-13-22(27)28-16-12-19-35(29-32(2,3)4,30-33(5,6)17-10-14-20(23)24)31-34(7,8)18-11-15-21(25)26/h9,13H,10-12,14-19H2,1-8H3,(H,23,24)(H,25,26). The van der Waals surface area contributed by atoms with Crippen molar-refractivity contribution in [1.29, 1.82) is 0 Å². The second-order valence-electron chi connectivity index (χ2n) is 10.9. The Morgan fingerprint density at radius 1 is 0.714 bits per heavy atom. The highest BCUT2D eigenvalue weighted by Gasteiger charge is 2.51. The van der Waals surface area contributed by atoms with Crippen molar-refractivity contribution >= 4 is 51.7 Å². The molecule has 0 aliphatic rings. The van der Waals surface area contributed by atoms with Crippen molar-refractivity contribution in [2.45, 2.75) is 103 Å². The first-order chi connectivity index (χ1) is 15.9. The number of hydrogen-bond acceptors (Lipinski definition) is 7. The summed E-state index contributed by atoms with van der Waals surface area (Å²) in [4.78, 5) is 33.8. The van der Waals surface area contributed by atoms with E-state index in [0.717, 1.165) is 0 Å². The van der Waals surface area contributed by atoms with E-state index in [4.69, 9.17) is 27.3 Å². The van der Waals surface area contributed by atoms with E-state index in [9.17, 15) is 14.4 Å². The van der Waals surface area contributed by atoms with E-state index in [0.29, 0.717) is 37.4 Å². The molecule has 0 saturated heterocycles. The van der Waals surface area contributed by atoms with Gasteiger partial charge in [-0.05, 0) is 84.1 Å². The van der Waals surface area contributed by atoms with E-state index >= 15 is 0 Å². The molecular formula is C22H46O9Si4. The fourth-order valence-electron chi connectivity index (χ4n) is 3.60. The van der Waals surface area contributed by atoms with Crippen molar-refractivity contribution in [2.75, 3.05) is 6.61 Å². The van der Waals surface area contributed by atoms with Crippen LogP contribution < -0.4 is 0 Å². The summed E-state index contributed by atoms with van der Waals surface area (Å²) in [5, 5.41) is 18.1. The van der Waals surface area contributed by atoms with Gasteiger partial charge < -0.3 is 27.3 Å². The van der Waals surface area contributed by atoms with Crippen LogP contribution in [0.25, 0.3) is 0 Å². The molecule has 0 amide bonds. The van der Waals surface area contributed by atoms with Crippen LogP contribution in [0.1, 0.15) is 39.0 Å². The molecule has 0 bridgehead atoms. The second kappa shape index (κ2) is 15.2. The highest BCUT2D eigenvalue weighted by Crippen LogP contribution is 2.33. The van der Waals surface area contributed by atoms with Gasteiger partial charge in [-0.2, -0.15) is 0 Å². The van der Waals surface area contributed by atoms with Gasteiger partial charge in [0.05, 0.1) is 6.61 Å². The summed E-state index contributed by atoms with van der Waals surface area (Å²) in [6, 6.07) is 1.79. The van der Waals surface area contributed by atoms with E-state index in [2.05, 4.69) is 45.8 Å². The van der Waals surface area contributed by atoms with Crippen molar-refractivity contribution in [3.05, 3.63) is 12.2 Å². The lowest BCUT2D eigenvalue weighted by Crippen LogP contribution is -2.61. The van der Waals surface area contributed by atoms with Gasteiger partial charge in [0.1, 0.15) is 0 Å². The van der Waals surface area contributed by atoms with Crippen LogP contribution in [0.3, 0.4) is 0 Å². The quantitative estimate of drug-likeness (QED) is 0.0906. The first kappa shape index (κ1) is 33.9. The number of carbonyl (C=O) groups excluding carboxylic acids is 1. The Bertz CT molecular complexity index is 684. The molecule has 13 heteroatoms. The monoisotopic (exact) mass is 566 g/mol. The molecule has 2 N–H and O–H groups in total. The number of carboxylic acid groups (broad SMARTS) is 2. The van der Waals surface area contributed by atoms with Crippen molar-refractivity contribution < 1.29 is 41.7 Å². The van der Waals surface area contributed by atoms with E-state index < -0.39 is 51.7 Å². The van der Waals surface area contributed by atoms with Crippen LogP contribution in [0.15, 0.2) is 12.2 Å². The smallest absolute Gasteiger partial charge is 0.469 e. The minimum Gasteiger partial charge on any atom is -0.481 e. The van der Waals surface area contributed by atoms with E-state index in [-0.39, 0.29) is 19.4 Å². The summed E-state index contributed by atoms with van der Waals surface area (Å²) in [5.41, 5.74) is 0. The number of hydrogen-bond donors (Lipinski definition) is 2. The maximum Gasteiger partial charge on any atom is 0.469 e. The topological polar surface area (TPSA) is 129 Å². The van der Waals surface area contributed by atoms with Crippen LogP contribution >= 0.6 is 0 Å². The van der Waals surface area contributed by atoms with Crippen LogP contribution in [-0.2, 0) is 31.5 Å². The zero-order chi connectivity index (χ0) is 27.3. The molecule has 0 rings (SSSR count). The van der Waals surface area contributed by atoms with Crippen LogP contribution in [0, 0.1) is 0 Å². The van der Waals surface area contributed by atoms with Gasteiger partial charge in [0.15, 0.2) is 25.0 Å². The van der Waals surface area contributed by atoms with Gasteiger partial charge in [0, 0.05) is 25.0 Å². The lowest BCUT2D eigenvalue weighted by Gasteiger charge is -2.44. The van der Waals surface area contributed by atoms with Crippen molar-refractivity contribution in [1.82, 2.24) is 0 Å². The van der Waals surface area contributed by atoms with Crippen LogP contribution in [0.4, 0.5) is 0 Å². The SMILES string of the molecule is CC=CC(=O)OCCC[Si](O[Si](C)(C)C)(O[Si](C)(C)CCCC(=O)O)O[Si](C)(C)CCCC(=O)O. The van der Waals surface area contributed by atoms with Gasteiger partial charge in [-0.15, -0.1) is 0 Å². The zero-order valence-electron chi connectivity index (χ0n) is 22.8. The Labute approximate surface area is 215 Å². The molecule has 0 heterocycles. The molecule has 0 atom stereocenters. The van der Waals surface area contributed by atoms with Gasteiger partial charge in [0.25, 0.3) is 0 Å². The fourth-order valence-corrected chi connectivity index (χ4v) is 20.4. The first-order valence-electron chi connectivity index (χ1n) is 12.2. The lowest BCUT2D eigenvalue weighted by atomic mass is 10.3. The molecule has 0 spiro atoms. The maximum atomic E-state index is 11.7. The fraction of sp³-hybridized carbons (Fsp3) is 0.773. The Hall–Kier alpha value is -1.10. The molecule has 0 fully saturated rings. The number of aliphatic carboxylic acids is 2. The Morgan fingerprint density at radius 2 is 1.17 bits per heavy atom. The van der Waals surface area contributed by atoms with Crippen molar-refractivity contribution in [3.63, 3.8) is 0 Å². The number of ether oxygens (including phenoxy) is 1. The number of rotatable bonds is 19. The summed E-state index contributed by atoms with van der Waals surface area (Å²) in [7, 11) is -10.1. The van der Waals surface area contributed by atoms with Crippen LogP contribution in [0.5, 0.6) is 0 Å². The predicted octanol–water partition coefficient (Wildman–Crippen LogP) is 5.46. The van der Waals surface area contributed by atoms with Gasteiger partial charge in [0.2, 0.25) is 0 Å². The number of allylic oxidation sites excluding steroid dienone is 1. The van der Waals surface area contributed by atoms with Crippen LogP contribution in [0.2, 0.25) is 64.0 Å². The van der Waals surface area contributed by atoms with E-state index in [1.807, 2.05) is 0 Å². The molecule has 0 radical (unpaired) electrons. The molecular weight excluding hydrogens is 521 g/mol. The third-order valence-corrected chi connectivity index (χ3v) is 19.5. The average Bonchev–Trinajstić information content (AvgIpc) is 2.62. The third kappa shape index (κ3) is 17.9. The third-order valence-electron chi connectivity index (χ3n) is 4.84. The molecule has 0 unspecified atom stereocenters. The molecule has 35 heavy (non-hydrogen) atoms. The molecule has 0 saturated carbocycles. The maximum absolute atomic E-state index is 11.7. The Balaban J connectivity index is 5.85. The minimum atomic E-state index is -3.27. The number of esters is 1. The molecule has 0 aliphatic carbocycles. The Kier molecular flexibility index (Phi) is 14.7. The van der Waals surface area contributed by atoms with Crippen LogP contribution in [-0.4, -0.2) is 68.5 Å². The lowest BCUT2D eigenvalue weighted by molar-refractivity contribution is -0.138. The molecule has 0 aliphatic heterocycles. The molecule has 9 nitrogen and oxygen atoms in total. The summed E-state index contributed by atoms with van der Waals surface area (Å²) in [6.07, 6.45) is 4.71. The highest BCUT2D eigenvalue weighted by atomic mass is 28.5. The number of carboxylic acids is 2. The zero-order valence-corrected chi connectivity index (χ0v) is 26.8. The van der Waals surface area contributed by atoms with Gasteiger partial charge in [-0.1, -0.05) is 6.08 Å². The predicted molar refractivity (Wildman–Crippen MR) is 146 cm³/mol. The second-order valence-corrected chi connectivity index (χ2v) is 27.5. The highest BCUT2D eigenvalue weighted by molar-refractivity contribution is 6.90. The molecule has 0 aromatic carbocycles. The van der Waals surface area contributed by atoms with Crippen molar-refractivity contribution in [2.24, 2.45) is 0 Å². The molecule has 204 valence electrons. The minimum absolute atomic E-state index is 0.0837. The van der Waals surface area contributed by atoms with Gasteiger partial charge in [-0.25, -0.2) is 4.79 Å². The first-order valence-corrected chi connectivity index (χ1v) is 23.8. The Morgan fingerprint density at radius 3 is 1.54 bits per heavy atom. The normalized spacial score (nSPS) is 13.3. The summed E-state index contributed by atoms with van der Waals surface area (Å²) < 4.78 is 25.7. The van der Waals surface area contributed by atoms with Gasteiger partial charge >= 0.3 is 26.7 Å². The molecule has 0 aromatic heterocycles. The van der Waals surface area contributed by atoms with Crippen molar-refractivity contribution in [3.8, 4) is 0 Å². The van der Waals surface area contributed by atoms with E-state index in [1.165, 1.54) is 6.08 Å². The summed E-state index contributed by atoms with van der Waals surface area (Å²) >= 11 is 0. The summed E-state index contributed by atoms with van der Waals surface area (Å²) in [6.45, 7) is 16.4. The summed E-state index contributed by atoms with van der Waals surface area (Å²) in [5.74, 6) is -2.06. The number of carbonyl (C=O) groups is 3. The van der Waals surface area contributed by atoms with Gasteiger partial charge in [-0.3, -0.25) is 9.59 Å². The average molecular weight is 567 g/mol. The molecule has 0 aromatic rings. The largest absolute Gasteiger partial charge is 0.481 e.